The number of benzene rings is 1. The molecule has 0 unspecified atom stereocenters. The Bertz CT molecular complexity index is 371. The van der Waals surface area contributed by atoms with E-state index in [2.05, 4.69) is 69.3 Å². The predicted octanol–water partition coefficient (Wildman–Crippen LogP) is 2.35. The highest BCUT2D eigenvalue weighted by Crippen LogP contribution is 2.16. The van der Waals surface area contributed by atoms with E-state index in [1.807, 2.05) is 0 Å². The maximum atomic E-state index is 3.61. The first-order valence-electron chi connectivity index (χ1n) is 7.05. The van der Waals surface area contributed by atoms with Gasteiger partial charge in [0.25, 0.3) is 0 Å². The molecule has 1 aromatic carbocycles. The third-order valence-corrected chi connectivity index (χ3v) is 4.37. The van der Waals surface area contributed by atoms with Gasteiger partial charge in [0.1, 0.15) is 0 Å². The lowest BCUT2D eigenvalue weighted by atomic mass is 10.1. The van der Waals surface area contributed by atoms with Crippen LogP contribution in [0.1, 0.15) is 18.5 Å². The molecule has 1 atom stereocenters. The van der Waals surface area contributed by atoms with Crippen molar-refractivity contribution >= 4 is 15.9 Å². The number of hydrogen-bond acceptors (Lipinski definition) is 3. The fourth-order valence-electron chi connectivity index (χ4n) is 2.38. The number of likely N-dealkylation sites (N-methyl/N-ethyl adjacent to an activating group) is 1. The third-order valence-electron chi connectivity index (χ3n) is 3.84. The van der Waals surface area contributed by atoms with E-state index >= 15 is 0 Å². The highest BCUT2D eigenvalue weighted by Gasteiger charge is 2.13. The second-order valence-electron chi connectivity index (χ2n) is 5.37. The summed E-state index contributed by atoms with van der Waals surface area (Å²) in [5.41, 5.74) is 1.35. The van der Waals surface area contributed by atoms with Crippen LogP contribution in [0.25, 0.3) is 0 Å². The van der Waals surface area contributed by atoms with Crippen molar-refractivity contribution < 1.29 is 0 Å². The average molecular weight is 326 g/mol. The van der Waals surface area contributed by atoms with Crippen molar-refractivity contribution in [2.75, 3.05) is 46.3 Å². The van der Waals surface area contributed by atoms with Gasteiger partial charge in [-0.2, -0.15) is 0 Å². The van der Waals surface area contributed by atoms with Gasteiger partial charge in [0, 0.05) is 49.8 Å². The predicted molar refractivity (Wildman–Crippen MR) is 84.5 cm³/mol. The van der Waals surface area contributed by atoms with Crippen LogP contribution in [-0.4, -0.2) is 56.1 Å². The zero-order valence-corrected chi connectivity index (χ0v) is 13.5. The van der Waals surface area contributed by atoms with Crippen LogP contribution in [0.2, 0.25) is 0 Å². The minimum atomic E-state index is 0.417. The quantitative estimate of drug-likeness (QED) is 0.896. The number of hydrogen-bond donors (Lipinski definition) is 1. The zero-order valence-electron chi connectivity index (χ0n) is 11.9. The molecule has 1 heterocycles. The van der Waals surface area contributed by atoms with Crippen molar-refractivity contribution in [2.24, 2.45) is 0 Å². The van der Waals surface area contributed by atoms with Gasteiger partial charge in [0.2, 0.25) is 0 Å². The van der Waals surface area contributed by atoms with Gasteiger partial charge in [-0.05, 0) is 31.7 Å². The fourth-order valence-corrected chi connectivity index (χ4v) is 2.64. The van der Waals surface area contributed by atoms with Crippen LogP contribution in [0.3, 0.4) is 0 Å². The summed E-state index contributed by atoms with van der Waals surface area (Å²) >= 11 is 3.47. The van der Waals surface area contributed by atoms with Crippen molar-refractivity contribution in [3.05, 3.63) is 34.3 Å². The van der Waals surface area contributed by atoms with Gasteiger partial charge < -0.3 is 10.2 Å². The Labute approximate surface area is 125 Å². The summed E-state index contributed by atoms with van der Waals surface area (Å²) in [6, 6.07) is 8.98. The molecule has 106 valence electrons. The van der Waals surface area contributed by atoms with Crippen LogP contribution in [0, 0.1) is 0 Å². The van der Waals surface area contributed by atoms with Gasteiger partial charge in [0.15, 0.2) is 0 Å². The van der Waals surface area contributed by atoms with Gasteiger partial charge in [-0.3, -0.25) is 4.90 Å². The molecule has 0 amide bonds. The Morgan fingerprint density at radius 1 is 1.16 bits per heavy atom. The van der Waals surface area contributed by atoms with Crippen molar-refractivity contribution in [2.45, 2.75) is 13.0 Å². The highest BCUT2D eigenvalue weighted by atomic mass is 79.9. The second kappa shape index (κ2) is 7.39. The standard InChI is InChI=1S/C15H24BrN3/c1-13(14-3-5-15(16)6-4-14)17-7-8-19-11-9-18(2)10-12-19/h3-6,13,17H,7-12H2,1-2H3/t13-/m1/s1. The normalized spacial score (nSPS) is 19.5. The lowest BCUT2D eigenvalue weighted by Gasteiger charge is -2.32. The minimum Gasteiger partial charge on any atom is -0.309 e. The maximum absolute atomic E-state index is 3.61. The Morgan fingerprint density at radius 2 is 1.79 bits per heavy atom. The van der Waals surface area contributed by atoms with Gasteiger partial charge >= 0.3 is 0 Å². The Hall–Kier alpha value is -0.420. The molecule has 1 aliphatic heterocycles. The molecule has 1 aliphatic rings. The van der Waals surface area contributed by atoms with E-state index in [0.717, 1.165) is 17.6 Å². The van der Waals surface area contributed by atoms with Gasteiger partial charge in [-0.1, -0.05) is 28.1 Å². The van der Waals surface area contributed by atoms with E-state index in [0.29, 0.717) is 6.04 Å². The van der Waals surface area contributed by atoms with Gasteiger partial charge in [0.05, 0.1) is 0 Å². The van der Waals surface area contributed by atoms with Crippen LogP contribution in [0.4, 0.5) is 0 Å². The third kappa shape index (κ3) is 4.88. The number of nitrogens with zero attached hydrogens (tertiary/aromatic N) is 2. The molecule has 0 saturated carbocycles. The first kappa shape index (κ1) is 15.0. The summed E-state index contributed by atoms with van der Waals surface area (Å²) in [6.45, 7) is 9.23. The molecule has 19 heavy (non-hydrogen) atoms. The average Bonchev–Trinajstić information content (AvgIpc) is 2.41. The fraction of sp³-hybridized carbons (Fsp3) is 0.600. The monoisotopic (exact) mass is 325 g/mol. The molecule has 2 rings (SSSR count). The second-order valence-corrected chi connectivity index (χ2v) is 6.29. The van der Waals surface area contributed by atoms with Crippen molar-refractivity contribution in [3.8, 4) is 0 Å². The van der Waals surface area contributed by atoms with Crippen LogP contribution < -0.4 is 5.32 Å². The molecule has 1 saturated heterocycles. The van der Waals surface area contributed by atoms with Crippen LogP contribution in [0.5, 0.6) is 0 Å². The smallest absolute Gasteiger partial charge is 0.0292 e. The highest BCUT2D eigenvalue weighted by molar-refractivity contribution is 9.10. The van der Waals surface area contributed by atoms with Crippen LogP contribution in [-0.2, 0) is 0 Å². The lowest BCUT2D eigenvalue weighted by molar-refractivity contribution is 0.154. The SMILES string of the molecule is C[C@@H](NCCN1CCN(C)CC1)c1ccc(Br)cc1. The molecule has 0 aromatic heterocycles. The van der Waals surface area contributed by atoms with E-state index in [4.69, 9.17) is 0 Å². The summed E-state index contributed by atoms with van der Waals surface area (Å²) in [4.78, 5) is 4.94. The number of piperazine rings is 1. The Balaban J connectivity index is 1.69. The minimum absolute atomic E-state index is 0.417. The molecular weight excluding hydrogens is 302 g/mol. The molecule has 0 radical (unpaired) electrons. The topological polar surface area (TPSA) is 18.5 Å². The van der Waals surface area contributed by atoms with Crippen molar-refractivity contribution in [1.82, 2.24) is 15.1 Å². The molecule has 0 aliphatic carbocycles. The molecule has 1 aromatic rings. The largest absolute Gasteiger partial charge is 0.309 e. The number of rotatable bonds is 5. The summed E-state index contributed by atoms with van der Waals surface area (Å²) in [6.07, 6.45) is 0. The van der Waals surface area contributed by atoms with E-state index in [-0.39, 0.29) is 0 Å². The molecule has 1 N–H and O–H groups in total. The molecular formula is C15H24BrN3. The van der Waals surface area contributed by atoms with Crippen molar-refractivity contribution in [1.29, 1.82) is 0 Å². The first-order chi connectivity index (χ1) is 9.15. The summed E-state index contributed by atoms with van der Waals surface area (Å²) in [5.74, 6) is 0. The van der Waals surface area contributed by atoms with E-state index in [1.54, 1.807) is 0 Å². The van der Waals surface area contributed by atoms with Crippen molar-refractivity contribution in [3.63, 3.8) is 0 Å². The molecule has 0 bridgehead atoms. The summed E-state index contributed by atoms with van der Waals surface area (Å²) in [5, 5.41) is 3.61. The molecule has 1 fully saturated rings. The maximum Gasteiger partial charge on any atom is 0.0292 e. The summed E-state index contributed by atoms with van der Waals surface area (Å²) < 4.78 is 1.14. The number of halogens is 1. The van der Waals surface area contributed by atoms with Crippen LogP contribution >= 0.6 is 15.9 Å². The van der Waals surface area contributed by atoms with Crippen LogP contribution in [0.15, 0.2) is 28.7 Å². The van der Waals surface area contributed by atoms with Gasteiger partial charge in [-0.15, -0.1) is 0 Å². The number of nitrogens with one attached hydrogen (secondary N) is 1. The Morgan fingerprint density at radius 3 is 2.42 bits per heavy atom. The van der Waals surface area contributed by atoms with E-state index < -0.39 is 0 Å². The summed E-state index contributed by atoms with van der Waals surface area (Å²) in [7, 11) is 2.20. The molecule has 4 heteroatoms. The molecule has 0 spiro atoms. The zero-order chi connectivity index (χ0) is 13.7. The Kier molecular flexibility index (Phi) is 5.82. The van der Waals surface area contributed by atoms with E-state index in [1.165, 1.54) is 31.7 Å². The molecule has 3 nitrogen and oxygen atoms in total. The van der Waals surface area contributed by atoms with Gasteiger partial charge in [-0.25, -0.2) is 0 Å². The lowest BCUT2D eigenvalue weighted by Crippen LogP contribution is -2.46. The first-order valence-corrected chi connectivity index (χ1v) is 7.84. The van der Waals surface area contributed by atoms with E-state index in [9.17, 15) is 0 Å².